The lowest BCUT2D eigenvalue weighted by Crippen LogP contribution is -2.47. The van der Waals surface area contributed by atoms with E-state index < -0.39 is 6.04 Å². The Morgan fingerprint density at radius 3 is 2.61 bits per heavy atom. The highest BCUT2D eigenvalue weighted by atomic mass is 16.2. The first-order valence-electron chi connectivity index (χ1n) is 8.41. The number of carbonyl (C=O) groups is 2. The zero-order valence-electron chi connectivity index (χ0n) is 13.9. The second kappa shape index (κ2) is 6.19. The van der Waals surface area contributed by atoms with Crippen molar-refractivity contribution in [3.63, 3.8) is 0 Å². The number of benzene rings is 1. The summed E-state index contributed by atoms with van der Waals surface area (Å²) in [5.41, 5.74) is 2.11. The number of carbonyl (C=O) groups excluding carboxylic acids is 2. The molecule has 122 valence electrons. The molecule has 1 aromatic carbocycles. The van der Waals surface area contributed by atoms with Crippen LogP contribution in [0.25, 0.3) is 5.70 Å². The third kappa shape index (κ3) is 2.78. The summed E-state index contributed by atoms with van der Waals surface area (Å²) in [7, 11) is 0. The first-order valence-corrected chi connectivity index (χ1v) is 8.41. The lowest BCUT2D eigenvalue weighted by atomic mass is 10.0. The van der Waals surface area contributed by atoms with E-state index in [1.54, 1.807) is 11.0 Å². The molecule has 2 heterocycles. The maximum atomic E-state index is 12.9. The highest BCUT2D eigenvalue weighted by Gasteiger charge is 2.38. The van der Waals surface area contributed by atoms with E-state index in [2.05, 4.69) is 13.5 Å². The Morgan fingerprint density at radius 2 is 1.91 bits per heavy atom. The largest absolute Gasteiger partial charge is 0.341 e. The van der Waals surface area contributed by atoms with E-state index in [1.165, 1.54) is 6.42 Å². The van der Waals surface area contributed by atoms with Crippen molar-refractivity contribution in [2.24, 2.45) is 5.92 Å². The van der Waals surface area contributed by atoms with Gasteiger partial charge < -0.3 is 4.90 Å². The molecule has 1 fully saturated rings. The molecule has 0 aliphatic carbocycles. The first kappa shape index (κ1) is 15.8. The Kier molecular flexibility index (Phi) is 4.24. The lowest BCUT2D eigenvalue weighted by molar-refractivity contribution is -0.134. The summed E-state index contributed by atoms with van der Waals surface area (Å²) in [6, 6.07) is 6.92. The maximum absolute atomic E-state index is 12.9. The van der Waals surface area contributed by atoms with Crippen molar-refractivity contribution in [1.82, 2.24) is 9.80 Å². The number of nitrogens with zero attached hydrogens (tertiary/aromatic N) is 2. The van der Waals surface area contributed by atoms with Gasteiger partial charge in [0.2, 0.25) is 5.91 Å². The minimum atomic E-state index is -0.504. The predicted molar refractivity (Wildman–Crippen MR) is 90.7 cm³/mol. The first-order chi connectivity index (χ1) is 11.0. The van der Waals surface area contributed by atoms with Gasteiger partial charge in [0.1, 0.15) is 6.04 Å². The van der Waals surface area contributed by atoms with E-state index in [1.807, 2.05) is 30.0 Å². The van der Waals surface area contributed by atoms with E-state index in [0.29, 0.717) is 17.2 Å². The van der Waals surface area contributed by atoms with Crippen molar-refractivity contribution in [3.8, 4) is 0 Å². The van der Waals surface area contributed by atoms with Crippen LogP contribution < -0.4 is 0 Å². The molecule has 0 unspecified atom stereocenters. The van der Waals surface area contributed by atoms with Gasteiger partial charge in [-0.25, -0.2) is 0 Å². The molecule has 3 rings (SSSR count). The van der Waals surface area contributed by atoms with Crippen LogP contribution in [0.15, 0.2) is 30.8 Å². The fraction of sp³-hybridized carbons (Fsp3) is 0.474. The van der Waals surface area contributed by atoms with E-state index in [-0.39, 0.29) is 11.8 Å². The molecule has 1 saturated heterocycles. The van der Waals surface area contributed by atoms with Gasteiger partial charge in [0.05, 0.1) is 0 Å². The van der Waals surface area contributed by atoms with Gasteiger partial charge in [0.15, 0.2) is 0 Å². The van der Waals surface area contributed by atoms with Gasteiger partial charge in [-0.2, -0.15) is 0 Å². The van der Waals surface area contributed by atoms with E-state index in [0.717, 1.165) is 31.5 Å². The Hall–Kier alpha value is -2.10. The lowest BCUT2D eigenvalue weighted by Gasteiger charge is -2.30. The number of amides is 2. The van der Waals surface area contributed by atoms with Gasteiger partial charge in [-0.3, -0.25) is 14.5 Å². The molecule has 23 heavy (non-hydrogen) atoms. The molecular weight excluding hydrogens is 288 g/mol. The van der Waals surface area contributed by atoms with Gasteiger partial charge in [-0.05, 0) is 38.2 Å². The Balaban J connectivity index is 1.78. The zero-order valence-corrected chi connectivity index (χ0v) is 13.9. The molecule has 0 spiro atoms. The molecule has 0 N–H and O–H groups in total. The number of hydrogen-bond donors (Lipinski definition) is 0. The van der Waals surface area contributed by atoms with Crippen LogP contribution in [0.5, 0.6) is 0 Å². The van der Waals surface area contributed by atoms with E-state index in [9.17, 15) is 9.59 Å². The molecule has 0 saturated carbocycles. The van der Waals surface area contributed by atoms with Crippen molar-refractivity contribution in [1.29, 1.82) is 0 Å². The molecule has 4 nitrogen and oxygen atoms in total. The Bertz CT molecular complexity index is 618. The van der Waals surface area contributed by atoms with Crippen molar-refractivity contribution in [2.75, 3.05) is 13.1 Å². The normalized spacial score (nSPS) is 22.8. The number of rotatable bonds is 2. The summed E-state index contributed by atoms with van der Waals surface area (Å²) in [4.78, 5) is 29.0. The average molecular weight is 312 g/mol. The SMILES string of the molecule is C=C1c2ccccc2C(=O)N1[C@@H](C)C(=O)N1CCC[C@H](C)CC1. The fourth-order valence-corrected chi connectivity index (χ4v) is 3.57. The summed E-state index contributed by atoms with van der Waals surface area (Å²) in [6.07, 6.45) is 3.24. The van der Waals surface area contributed by atoms with Crippen LogP contribution in [0, 0.1) is 5.92 Å². The van der Waals surface area contributed by atoms with Crippen molar-refractivity contribution < 1.29 is 9.59 Å². The molecule has 0 bridgehead atoms. The van der Waals surface area contributed by atoms with E-state index in [4.69, 9.17) is 0 Å². The molecule has 1 aromatic rings. The summed E-state index contributed by atoms with van der Waals surface area (Å²) in [6.45, 7) is 9.66. The second-order valence-electron chi connectivity index (χ2n) is 6.70. The molecule has 0 radical (unpaired) electrons. The van der Waals surface area contributed by atoms with Gasteiger partial charge in [-0.15, -0.1) is 0 Å². The van der Waals surface area contributed by atoms with Crippen LogP contribution in [-0.2, 0) is 4.79 Å². The minimum absolute atomic E-state index is 0.0291. The standard InChI is InChI=1S/C19H24N2O2/c1-13-7-6-11-20(12-10-13)18(22)15(3)21-14(2)16-8-4-5-9-17(16)19(21)23/h4-5,8-9,13,15H,2,6-7,10-12H2,1,3H3/t13-,15-/m0/s1. The van der Waals surface area contributed by atoms with Crippen molar-refractivity contribution in [2.45, 2.75) is 39.2 Å². The number of hydrogen-bond acceptors (Lipinski definition) is 2. The number of likely N-dealkylation sites (tertiary alicyclic amines) is 1. The molecular formula is C19H24N2O2. The van der Waals surface area contributed by atoms with Crippen molar-refractivity contribution >= 4 is 17.5 Å². The highest BCUT2D eigenvalue weighted by molar-refractivity contribution is 6.10. The van der Waals surface area contributed by atoms with Crippen LogP contribution in [0.3, 0.4) is 0 Å². The predicted octanol–water partition coefficient (Wildman–Crippen LogP) is 3.15. The summed E-state index contributed by atoms with van der Waals surface area (Å²) in [5.74, 6) is 0.576. The molecule has 2 aliphatic heterocycles. The van der Waals surface area contributed by atoms with Gasteiger partial charge in [-0.1, -0.05) is 31.7 Å². The van der Waals surface area contributed by atoms with Gasteiger partial charge in [0, 0.05) is 29.9 Å². The third-order valence-electron chi connectivity index (χ3n) is 5.05. The summed E-state index contributed by atoms with van der Waals surface area (Å²) >= 11 is 0. The summed E-state index contributed by atoms with van der Waals surface area (Å²) in [5, 5.41) is 0. The van der Waals surface area contributed by atoms with Crippen molar-refractivity contribution in [3.05, 3.63) is 42.0 Å². The fourth-order valence-electron chi connectivity index (χ4n) is 3.57. The second-order valence-corrected chi connectivity index (χ2v) is 6.70. The van der Waals surface area contributed by atoms with Crippen LogP contribution in [0.2, 0.25) is 0 Å². The monoisotopic (exact) mass is 312 g/mol. The topological polar surface area (TPSA) is 40.6 Å². The van der Waals surface area contributed by atoms with Gasteiger partial charge in [0.25, 0.3) is 5.91 Å². The molecule has 2 atom stereocenters. The van der Waals surface area contributed by atoms with Crippen LogP contribution in [0.1, 0.15) is 49.0 Å². The quantitative estimate of drug-likeness (QED) is 0.841. The van der Waals surface area contributed by atoms with Gasteiger partial charge >= 0.3 is 0 Å². The van der Waals surface area contributed by atoms with Crippen LogP contribution in [0.4, 0.5) is 0 Å². The molecule has 0 aromatic heterocycles. The highest BCUT2D eigenvalue weighted by Crippen LogP contribution is 2.33. The maximum Gasteiger partial charge on any atom is 0.259 e. The van der Waals surface area contributed by atoms with Crippen LogP contribution in [-0.4, -0.2) is 40.7 Å². The molecule has 2 aliphatic rings. The molecule has 2 amide bonds. The van der Waals surface area contributed by atoms with Crippen LogP contribution >= 0.6 is 0 Å². The molecule has 4 heteroatoms. The Labute approximate surface area is 137 Å². The average Bonchev–Trinajstić information content (AvgIpc) is 2.69. The summed E-state index contributed by atoms with van der Waals surface area (Å²) < 4.78 is 0. The minimum Gasteiger partial charge on any atom is -0.341 e. The zero-order chi connectivity index (χ0) is 16.6. The van der Waals surface area contributed by atoms with E-state index >= 15 is 0 Å². The Morgan fingerprint density at radius 1 is 1.22 bits per heavy atom. The smallest absolute Gasteiger partial charge is 0.259 e. The number of fused-ring (bicyclic) bond motifs is 1. The third-order valence-corrected chi connectivity index (χ3v) is 5.05.